The summed E-state index contributed by atoms with van der Waals surface area (Å²) in [6.45, 7) is 3.66. The predicted molar refractivity (Wildman–Crippen MR) is 92.3 cm³/mol. The van der Waals surface area contributed by atoms with Gasteiger partial charge in [0.05, 0.1) is 6.04 Å². The van der Waals surface area contributed by atoms with E-state index in [0.717, 1.165) is 6.42 Å². The van der Waals surface area contributed by atoms with E-state index in [1.165, 1.54) is 0 Å². The molecular weight excluding hydrogens is 349 g/mol. The van der Waals surface area contributed by atoms with Gasteiger partial charge in [0.25, 0.3) is 0 Å². The zero-order valence-electron chi connectivity index (χ0n) is 14.6. The van der Waals surface area contributed by atoms with Gasteiger partial charge in [-0.2, -0.15) is 13.2 Å². The third-order valence-corrected chi connectivity index (χ3v) is 4.21. The highest BCUT2D eigenvalue weighted by atomic mass is 19.4. The van der Waals surface area contributed by atoms with Gasteiger partial charge in [0.2, 0.25) is 0 Å². The third kappa shape index (κ3) is 4.66. The van der Waals surface area contributed by atoms with Crippen molar-refractivity contribution in [2.45, 2.75) is 57.5 Å². The van der Waals surface area contributed by atoms with Gasteiger partial charge in [-0.25, -0.2) is 4.99 Å². The van der Waals surface area contributed by atoms with Gasteiger partial charge in [-0.05, 0) is 31.0 Å². The second-order valence-corrected chi connectivity index (χ2v) is 6.27. The molecular formula is C17H23F3N4O2. The summed E-state index contributed by atoms with van der Waals surface area (Å²) in [5.74, 6) is -1.17. The first-order valence-electron chi connectivity index (χ1n) is 8.41. The molecule has 3 unspecified atom stereocenters. The predicted octanol–water partition coefficient (Wildman–Crippen LogP) is 2.69. The third-order valence-electron chi connectivity index (χ3n) is 4.21. The molecule has 0 aliphatic carbocycles. The first-order valence-corrected chi connectivity index (χ1v) is 8.41. The fourth-order valence-corrected chi connectivity index (χ4v) is 2.66. The SMILES string of the molecule is CCCCC(NC(=O)C(F)(F)F)C(N)c1ccc2c(c1)N=C(N)C(C)O2. The van der Waals surface area contributed by atoms with E-state index in [2.05, 4.69) is 4.99 Å². The summed E-state index contributed by atoms with van der Waals surface area (Å²) in [4.78, 5) is 15.6. The average molecular weight is 372 g/mol. The summed E-state index contributed by atoms with van der Waals surface area (Å²) in [6, 6.07) is 3.25. The van der Waals surface area contributed by atoms with Crippen molar-refractivity contribution in [2.75, 3.05) is 0 Å². The lowest BCUT2D eigenvalue weighted by Crippen LogP contribution is -2.47. The molecule has 3 atom stereocenters. The van der Waals surface area contributed by atoms with Crippen molar-refractivity contribution in [1.82, 2.24) is 5.32 Å². The molecule has 9 heteroatoms. The van der Waals surface area contributed by atoms with E-state index in [4.69, 9.17) is 16.2 Å². The molecule has 0 fully saturated rings. The molecule has 26 heavy (non-hydrogen) atoms. The number of rotatable bonds is 6. The minimum absolute atomic E-state index is 0.302. The van der Waals surface area contributed by atoms with E-state index in [0.29, 0.717) is 35.7 Å². The number of ether oxygens (including phenoxy) is 1. The van der Waals surface area contributed by atoms with Crippen molar-refractivity contribution in [1.29, 1.82) is 0 Å². The largest absolute Gasteiger partial charge is 0.481 e. The minimum atomic E-state index is -4.96. The van der Waals surface area contributed by atoms with Crippen LogP contribution in [-0.4, -0.2) is 30.1 Å². The molecule has 1 aromatic carbocycles. The monoisotopic (exact) mass is 372 g/mol. The zero-order chi connectivity index (χ0) is 19.5. The lowest BCUT2D eigenvalue weighted by Gasteiger charge is -2.27. The van der Waals surface area contributed by atoms with Crippen LogP contribution in [0.25, 0.3) is 0 Å². The molecule has 1 aliphatic rings. The summed E-state index contributed by atoms with van der Waals surface area (Å²) in [6.07, 6.45) is -3.58. The molecule has 0 radical (unpaired) electrons. The lowest BCUT2D eigenvalue weighted by atomic mass is 9.95. The number of aliphatic imine (C=N–C) groups is 1. The van der Waals surface area contributed by atoms with Gasteiger partial charge in [-0.15, -0.1) is 0 Å². The maximum absolute atomic E-state index is 12.6. The molecule has 1 aromatic rings. The van der Waals surface area contributed by atoms with E-state index in [-0.39, 0.29) is 6.10 Å². The Kier molecular flexibility index (Phi) is 6.12. The van der Waals surface area contributed by atoms with Crippen molar-refractivity contribution in [3.8, 4) is 5.75 Å². The van der Waals surface area contributed by atoms with Crippen LogP contribution in [-0.2, 0) is 4.79 Å². The van der Waals surface area contributed by atoms with E-state index in [1.807, 2.05) is 12.2 Å². The van der Waals surface area contributed by atoms with Gasteiger partial charge >= 0.3 is 12.1 Å². The van der Waals surface area contributed by atoms with Crippen LogP contribution < -0.4 is 21.5 Å². The quantitative estimate of drug-likeness (QED) is 0.714. The maximum Gasteiger partial charge on any atom is 0.471 e. The van der Waals surface area contributed by atoms with Crippen LogP contribution in [0.4, 0.5) is 18.9 Å². The van der Waals surface area contributed by atoms with Crippen molar-refractivity contribution < 1.29 is 22.7 Å². The highest BCUT2D eigenvalue weighted by Crippen LogP contribution is 2.35. The molecule has 0 bridgehead atoms. The number of nitrogens with one attached hydrogen (secondary N) is 1. The number of benzene rings is 1. The smallest absolute Gasteiger partial charge is 0.471 e. The number of unbranched alkanes of at least 4 members (excludes halogenated alkanes) is 1. The Morgan fingerprint density at radius 2 is 2.12 bits per heavy atom. The molecule has 6 nitrogen and oxygen atoms in total. The van der Waals surface area contributed by atoms with Crippen molar-refractivity contribution in [2.24, 2.45) is 16.5 Å². The van der Waals surface area contributed by atoms with Crippen LogP contribution in [0.3, 0.4) is 0 Å². The molecule has 0 saturated carbocycles. The highest BCUT2D eigenvalue weighted by molar-refractivity contribution is 5.89. The van der Waals surface area contributed by atoms with Crippen molar-refractivity contribution in [3.63, 3.8) is 0 Å². The van der Waals surface area contributed by atoms with Crippen LogP contribution in [0.2, 0.25) is 0 Å². The molecule has 1 heterocycles. The summed E-state index contributed by atoms with van der Waals surface area (Å²) in [5.41, 5.74) is 12.9. The second kappa shape index (κ2) is 7.94. The highest BCUT2D eigenvalue weighted by Gasteiger charge is 2.40. The summed E-state index contributed by atoms with van der Waals surface area (Å²) < 4.78 is 43.4. The van der Waals surface area contributed by atoms with E-state index >= 15 is 0 Å². The van der Waals surface area contributed by atoms with Gasteiger partial charge in [0.15, 0.2) is 6.10 Å². The molecule has 0 saturated heterocycles. The first-order chi connectivity index (χ1) is 12.1. The Balaban J connectivity index is 2.24. The van der Waals surface area contributed by atoms with Crippen molar-refractivity contribution in [3.05, 3.63) is 23.8 Å². The summed E-state index contributed by atoms with van der Waals surface area (Å²) in [7, 11) is 0. The number of carbonyl (C=O) groups excluding carboxylic acids is 1. The van der Waals surface area contributed by atoms with Gasteiger partial charge in [0.1, 0.15) is 17.3 Å². The number of hydrogen-bond donors (Lipinski definition) is 3. The number of nitrogens with two attached hydrogens (primary N) is 2. The van der Waals surface area contributed by atoms with Crippen LogP contribution in [0.15, 0.2) is 23.2 Å². The number of amidine groups is 1. The number of fused-ring (bicyclic) bond motifs is 1. The van der Waals surface area contributed by atoms with E-state index in [9.17, 15) is 18.0 Å². The topological polar surface area (TPSA) is 103 Å². The zero-order valence-corrected chi connectivity index (χ0v) is 14.6. The van der Waals surface area contributed by atoms with Crippen LogP contribution >= 0.6 is 0 Å². The van der Waals surface area contributed by atoms with Gasteiger partial charge in [-0.3, -0.25) is 4.79 Å². The number of amides is 1. The summed E-state index contributed by atoms with van der Waals surface area (Å²) >= 11 is 0. The van der Waals surface area contributed by atoms with Gasteiger partial charge in [0, 0.05) is 6.04 Å². The Labute approximate surface area is 149 Å². The Morgan fingerprint density at radius 1 is 1.42 bits per heavy atom. The van der Waals surface area contributed by atoms with Gasteiger partial charge < -0.3 is 21.5 Å². The Bertz CT molecular complexity index is 691. The van der Waals surface area contributed by atoms with Crippen LogP contribution in [0.5, 0.6) is 5.75 Å². The summed E-state index contributed by atoms with van der Waals surface area (Å²) in [5, 5.41) is 2.01. The van der Waals surface area contributed by atoms with E-state index < -0.39 is 24.2 Å². The van der Waals surface area contributed by atoms with Gasteiger partial charge in [-0.1, -0.05) is 25.8 Å². The molecule has 0 aromatic heterocycles. The Morgan fingerprint density at radius 3 is 2.73 bits per heavy atom. The molecule has 5 N–H and O–H groups in total. The molecule has 1 amide bonds. The Hall–Kier alpha value is -2.29. The van der Waals surface area contributed by atoms with Crippen LogP contribution in [0.1, 0.15) is 44.7 Å². The van der Waals surface area contributed by atoms with E-state index in [1.54, 1.807) is 25.1 Å². The fraction of sp³-hybridized carbons (Fsp3) is 0.529. The number of halogens is 3. The average Bonchev–Trinajstić information content (AvgIpc) is 2.57. The molecule has 144 valence electrons. The number of alkyl halides is 3. The number of hydrogen-bond acceptors (Lipinski definition) is 5. The maximum atomic E-state index is 12.6. The first kappa shape index (κ1) is 20.0. The minimum Gasteiger partial charge on any atom is -0.481 e. The fourth-order valence-electron chi connectivity index (χ4n) is 2.66. The normalized spacial score (nSPS) is 19.0. The lowest BCUT2D eigenvalue weighted by molar-refractivity contribution is -0.174. The number of nitrogens with zero attached hydrogens (tertiary/aromatic N) is 1. The molecule has 0 spiro atoms. The molecule has 2 rings (SSSR count). The molecule has 1 aliphatic heterocycles. The number of carbonyl (C=O) groups is 1. The standard InChI is InChI=1S/C17H23F3N4O2/c1-3-4-5-11(24-16(25)17(18,19)20)14(21)10-6-7-13-12(8-10)23-15(22)9(2)26-13/h6-9,11,14H,3-5,21H2,1-2H3,(H2,22,23)(H,24,25). The van der Waals surface area contributed by atoms with Crippen molar-refractivity contribution >= 4 is 17.4 Å². The van der Waals surface area contributed by atoms with Crippen LogP contribution in [0, 0.1) is 0 Å². The second-order valence-electron chi connectivity index (χ2n) is 6.27.